The van der Waals surface area contributed by atoms with E-state index in [1.165, 1.54) is 12.3 Å². The van der Waals surface area contributed by atoms with Crippen molar-refractivity contribution in [3.8, 4) is 0 Å². The minimum Gasteiger partial charge on any atom is -0.469 e. The van der Waals surface area contributed by atoms with Gasteiger partial charge < -0.3 is 9.73 Å². The second-order valence-electron chi connectivity index (χ2n) is 5.48. The van der Waals surface area contributed by atoms with Crippen LogP contribution < -0.4 is 16.2 Å². The summed E-state index contributed by atoms with van der Waals surface area (Å²) in [5.74, 6) is -1.47. The second kappa shape index (κ2) is 7.20. The van der Waals surface area contributed by atoms with E-state index in [0.717, 1.165) is 0 Å². The number of amides is 1. The van der Waals surface area contributed by atoms with Crippen molar-refractivity contribution < 1.29 is 22.4 Å². The van der Waals surface area contributed by atoms with Crippen molar-refractivity contribution in [3.05, 3.63) is 23.7 Å². The molecule has 128 valence electrons. The van der Waals surface area contributed by atoms with Gasteiger partial charge in [-0.3, -0.25) is 15.6 Å². The number of rotatable bonds is 2. The Morgan fingerprint density at radius 1 is 1.30 bits per heavy atom. The Hall–Kier alpha value is -1.77. The average molecular weight is 349 g/mol. The molecule has 0 aromatic carbocycles. The molecule has 9 heteroatoms. The molecule has 0 aliphatic heterocycles. The summed E-state index contributed by atoms with van der Waals surface area (Å²) in [5.41, 5.74) is 5.09. The van der Waals surface area contributed by atoms with Crippen LogP contribution >= 0.6 is 12.2 Å². The van der Waals surface area contributed by atoms with Gasteiger partial charge in [-0.15, -0.1) is 0 Å². The number of hydrazine groups is 1. The quantitative estimate of drug-likeness (QED) is 0.566. The summed E-state index contributed by atoms with van der Waals surface area (Å²) < 4.78 is 44.0. The summed E-state index contributed by atoms with van der Waals surface area (Å²) >= 11 is 4.96. The lowest BCUT2D eigenvalue weighted by Gasteiger charge is -2.34. The number of nitrogens with one attached hydrogen (secondary N) is 3. The van der Waals surface area contributed by atoms with Crippen LogP contribution in [0.1, 0.15) is 41.8 Å². The monoisotopic (exact) mass is 349 g/mol. The lowest BCUT2D eigenvalue weighted by Crippen LogP contribution is -2.54. The molecule has 0 bridgehead atoms. The fourth-order valence-corrected chi connectivity index (χ4v) is 2.90. The zero-order valence-electron chi connectivity index (χ0n) is 12.5. The zero-order chi connectivity index (χ0) is 17.0. The van der Waals surface area contributed by atoms with Gasteiger partial charge in [0.05, 0.1) is 17.7 Å². The van der Waals surface area contributed by atoms with Gasteiger partial charge in [-0.1, -0.05) is 12.8 Å². The lowest BCUT2D eigenvalue weighted by atomic mass is 9.84. The number of hydrogen-bond donors (Lipinski definition) is 3. The molecule has 1 aromatic heterocycles. The maximum absolute atomic E-state index is 13.0. The predicted octanol–water partition coefficient (Wildman–Crippen LogP) is 2.82. The van der Waals surface area contributed by atoms with Crippen LogP contribution in [0, 0.1) is 12.8 Å². The molecule has 2 rings (SSSR count). The van der Waals surface area contributed by atoms with Gasteiger partial charge in [0, 0.05) is 6.04 Å². The highest BCUT2D eigenvalue weighted by Gasteiger charge is 2.45. The molecular formula is C14H18F3N3O2S. The molecule has 1 amide bonds. The van der Waals surface area contributed by atoms with Crippen LogP contribution in [0.15, 0.2) is 16.7 Å². The zero-order valence-corrected chi connectivity index (χ0v) is 13.3. The van der Waals surface area contributed by atoms with E-state index >= 15 is 0 Å². The summed E-state index contributed by atoms with van der Waals surface area (Å²) in [6, 6.07) is 0.709. The van der Waals surface area contributed by atoms with Gasteiger partial charge in [0.1, 0.15) is 5.76 Å². The first-order chi connectivity index (χ1) is 10.8. The number of halogens is 3. The Kier molecular flexibility index (Phi) is 5.51. The third kappa shape index (κ3) is 4.60. The fraction of sp³-hybridized carbons (Fsp3) is 0.571. The number of carbonyl (C=O) groups excluding carboxylic acids is 1. The highest BCUT2D eigenvalue weighted by molar-refractivity contribution is 7.80. The predicted molar refractivity (Wildman–Crippen MR) is 81.6 cm³/mol. The molecule has 1 aromatic rings. The number of furan rings is 1. The SMILES string of the molecule is Cc1occc1C(=O)NNC(=S)NC1CCCCC1C(F)(F)F. The van der Waals surface area contributed by atoms with Crippen molar-refractivity contribution in [3.63, 3.8) is 0 Å². The van der Waals surface area contributed by atoms with E-state index in [1.54, 1.807) is 6.92 Å². The van der Waals surface area contributed by atoms with Gasteiger partial charge in [-0.05, 0) is 38.0 Å². The molecule has 3 N–H and O–H groups in total. The molecule has 5 nitrogen and oxygen atoms in total. The molecule has 1 heterocycles. The second-order valence-corrected chi connectivity index (χ2v) is 5.89. The van der Waals surface area contributed by atoms with E-state index in [-0.39, 0.29) is 11.5 Å². The lowest BCUT2D eigenvalue weighted by molar-refractivity contribution is -0.187. The van der Waals surface area contributed by atoms with E-state index < -0.39 is 24.0 Å². The number of carbonyl (C=O) groups is 1. The Morgan fingerprint density at radius 3 is 2.61 bits per heavy atom. The summed E-state index contributed by atoms with van der Waals surface area (Å²) in [6.45, 7) is 1.63. The molecular weight excluding hydrogens is 331 g/mol. The number of alkyl halides is 3. The summed E-state index contributed by atoms with van der Waals surface area (Å²) in [4.78, 5) is 11.8. The maximum Gasteiger partial charge on any atom is 0.393 e. The van der Waals surface area contributed by atoms with Crippen LogP contribution in [-0.4, -0.2) is 23.2 Å². The smallest absolute Gasteiger partial charge is 0.393 e. The molecule has 0 saturated heterocycles. The van der Waals surface area contributed by atoms with Crippen LogP contribution in [0.2, 0.25) is 0 Å². The van der Waals surface area contributed by atoms with E-state index in [1.807, 2.05) is 0 Å². The third-order valence-corrected chi connectivity index (χ3v) is 4.12. The van der Waals surface area contributed by atoms with Gasteiger partial charge >= 0.3 is 6.18 Å². The normalized spacial score (nSPS) is 21.6. The Balaban J connectivity index is 1.86. The van der Waals surface area contributed by atoms with Gasteiger partial charge in [-0.25, -0.2) is 0 Å². The molecule has 1 saturated carbocycles. The van der Waals surface area contributed by atoms with Crippen molar-refractivity contribution in [2.75, 3.05) is 0 Å². The van der Waals surface area contributed by atoms with E-state index in [4.69, 9.17) is 16.6 Å². The number of hydrogen-bond acceptors (Lipinski definition) is 3. The molecule has 2 unspecified atom stereocenters. The first kappa shape index (κ1) is 17.6. The van der Waals surface area contributed by atoms with Gasteiger partial charge in [0.15, 0.2) is 5.11 Å². The summed E-state index contributed by atoms with van der Waals surface area (Å²) in [6.07, 6.45) is -1.14. The Morgan fingerprint density at radius 2 is 2.00 bits per heavy atom. The maximum atomic E-state index is 13.0. The van der Waals surface area contributed by atoms with E-state index in [9.17, 15) is 18.0 Å². The minimum absolute atomic E-state index is 0.0411. The summed E-state index contributed by atoms with van der Waals surface area (Å²) in [7, 11) is 0. The number of aryl methyl sites for hydroxylation is 1. The topological polar surface area (TPSA) is 66.3 Å². The highest BCUT2D eigenvalue weighted by atomic mass is 32.1. The molecule has 2 atom stereocenters. The van der Waals surface area contributed by atoms with Crippen molar-refractivity contribution in [1.82, 2.24) is 16.2 Å². The minimum atomic E-state index is -4.26. The van der Waals surface area contributed by atoms with E-state index in [0.29, 0.717) is 30.6 Å². The molecule has 0 spiro atoms. The Labute approximate surface area is 137 Å². The third-order valence-electron chi connectivity index (χ3n) is 3.90. The van der Waals surface area contributed by atoms with Crippen LogP contribution in [0.4, 0.5) is 13.2 Å². The van der Waals surface area contributed by atoms with Gasteiger partial charge in [-0.2, -0.15) is 13.2 Å². The largest absolute Gasteiger partial charge is 0.469 e. The Bertz CT molecular complexity index is 574. The standard InChI is InChI=1S/C14H18F3N3O2S/c1-8-9(6-7-22-8)12(21)19-20-13(23)18-11-5-3-2-4-10(11)14(15,16)17/h6-7,10-11H,2-5H2,1H3,(H,19,21)(H2,18,20,23). The van der Waals surface area contributed by atoms with Crippen LogP contribution in [0.5, 0.6) is 0 Å². The van der Waals surface area contributed by atoms with Crippen molar-refractivity contribution >= 4 is 23.2 Å². The number of thiocarbonyl (C=S) groups is 1. The molecule has 1 fully saturated rings. The van der Waals surface area contributed by atoms with Crippen molar-refractivity contribution in [2.45, 2.75) is 44.8 Å². The van der Waals surface area contributed by atoms with Gasteiger partial charge in [0.25, 0.3) is 5.91 Å². The van der Waals surface area contributed by atoms with Crippen molar-refractivity contribution in [1.29, 1.82) is 0 Å². The molecule has 1 aliphatic carbocycles. The van der Waals surface area contributed by atoms with Crippen LogP contribution in [0.25, 0.3) is 0 Å². The molecule has 23 heavy (non-hydrogen) atoms. The van der Waals surface area contributed by atoms with Crippen LogP contribution in [0.3, 0.4) is 0 Å². The average Bonchev–Trinajstić information content (AvgIpc) is 2.90. The van der Waals surface area contributed by atoms with Gasteiger partial charge in [0.2, 0.25) is 0 Å². The highest BCUT2D eigenvalue weighted by Crippen LogP contribution is 2.37. The first-order valence-corrected chi connectivity index (χ1v) is 7.67. The molecule has 1 aliphatic rings. The first-order valence-electron chi connectivity index (χ1n) is 7.26. The van der Waals surface area contributed by atoms with E-state index in [2.05, 4.69) is 16.2 Å². The fourth-order valence-electron chi connectivity index (χ4n) is 2.70. The summed E-state index contributed by atoms with van der Waals surface area (Å²) in [5, 5.41) is 2.61. The van der Waals surface area contributed by atoms with Crippen LogP contribution in [-0.2, 0) is 0 Å². The molecule has 0 radical (unpaired) electrons. The van der Waals surface area contributed by atoms with Crippen molar-refractivity contribution in [2.24, 2.45) is 5.92 Å².